The molecule has 1 amide bonds. The number of hydrogen-bond donors (Lipinski definition) is 5. The van der Waals surface area contributed by atoms with Gasteiger partial charge in [0.2, 0.25) is 5.91 Å². The first-order chi connectivity index (χ1) is 13.8. The number of carboxylic acid groups (broad SMARTS) is 2. The number of amides is 1. The molecule has 0 saturated heterocycles. The summed E-state index contributed by atoms with van der Waals surface area (Å²) in [6.07, 6.45) is 13.5. The predicted molar refractivity (Wildman–Crippen MR) is 116 cm³/mol. The molecule has 8 heteroatoms. The van der Waals surface area contributed by atoms with Crippen molar-refractivity contribution in [2.24, 2.45) is 11.5 Å². The Morgan fingerprint density at radius 1 is 0.828 bits per heavy atom. The van der Waals surface area contributed by atoms with Crippen molar-refractivity contribution in [3.8, 4) is 0 Å². The van der Waals surface area contributed by atoms with Crippen LogP contribution < -0.4 is 16.8 Å². The topological polar surface area (TPSA) is 156 Å². The van der Waals surface area contributed by atoms with E-state index in [9.17, 15) is 14.4 Å². The van der Waals surface area contributed by atoms with Crippen molar-refractivity contribution in [1.82, 2.24) is 5.32 Å². The van der Waals surface area contributed by atoms with Gasteiger partial charge in [0.1, 0.15) is 12.1 Å². The number of carbonyl (C=O) groups excluding carboxylic acids is 1. The number of carboxylic acids is 2. The number of rotatable bonds is 17. The number of unbranched alkanes of at least 4 members (excludes halogenated alkanes) is 9. The standard InChI is InChI=1S/C15H29NO3.C6H14N2O2/c1-3-4-5-6-7-8-9-10-11-12-14(17)16-13(2)15(18)19;7-4-2-1-3-5(8)6(9)10/h13H,3-12H2,1-2H3,(H,16,17)(H,18,19);5H,1-4,7-8H2,(H,9,10)/t13-;/m0./s1. The minimum Gasteiger partial charge on any atom is -0.480 e. The minimum absolute atomic E-state index is 0.155. The second-order valence-corrected chi connectivity index (χ2v) is 7.44. The lowest BCUT2D eigenvalue weighted by molar-refractivity contribution is -0.141. The number of carbonyl (C=O) groups is 3. The molecule has 7 N–H and O–H groups in total. The van der Waals surface area contributed by atoms with Crippen LogP contribution in [0.5, 0.6) is 0 Å². The van der Waals surface area contributed by atoms with Crippen LogP contribution in [-0.4, -0.2) is 46.7 Å². The van der Waals surface area contributed by atoms with E-state index in [0.717, 1.165) is 25.7 Å². The predicted octanol–water partition coefficient (Wildman–Crippen LogP) is 3.02. The Morgan fingerprint density at radius 3 is 1.79 bits per heavy atom. The smallest absolute Gasteiger partial charge is 0.325 e. The van der Waals surface area contributed by atoms with E-state index in [4.69, 9.17) is 21.7 Å². The van der Waals surface area contributed by atoms with E-state index < -0.39 is 24.0 Å². The second kappa shape index (κ2) is 21.0. The van der Waals surface area contributed by atoms with Crippen LogP contribution in [-0.2, 0) is 14.4 Å². The van der Waals surface area contributed by atoms with Gasteiger partial charge in [-0.1, -0.05) is 64.7 Å². The Labute approximate surface area is 175 Å². The lowest BCUT2D eigenvalue weighted by Gasteiger charge is -2.08. The molecule has 0 aromatic carbocycles. The highest BCUT2D eigenvalue weighted by Crippen LogP contribution is 2.10. The van der Waals surface area contributed by atoms with E-state index in [0.29, 0.717) is 19.4 Å². The summed E-state index contributed by atoms with van der Waals surface area (Å²) in [5.41, 5.74) is 10.4. The maximum absolute atomic E-state index is 11.4. The fourth-order valence-corrected chi connectivity index (χ4v) is 2.60. The average molecular weight is 418 g/mol. The van der Waals surface area contributed by atoms with Crippen LogP contribution in [0.3, 0.4) is 0 Å². The Bertz CT molecular complexity index is 433. The van der Waals surface area contributed by atoms with Crippen LogP contribution in [0.25, 0.3) is 0 Å². The highest BCUT2D eigenvalue weighted by molar-refractivity contribution is 5.83. The zero-order valence-electron chi connectivity index (χ0n) is 18.3. The molecule has 8 nitrogen and oxygen atoms in total. The average Bonchev–Trinajstić information content (AvgIpc) is 2.67. The normalized spacial score (nSPS) is 12.4. The Morgan fingerprint density at radius 2 is 1.34 bits per heavy atom. The summed E-state index contributed by atoms with van der Waals surface area (Å²) in [5.74, 6) is -2.07. The van der Waals surface area contributed by atoms with Gasteiger partial charge in [-0.05, 0) is 32.7 Å². The van der Waals surface area contributed by atoms with Gasteiger partial charge in [0, 0.05) is 6.42 Å². The van der Waals surface area contributed by atoms with Crippen LogP contribution in [0.4, 0.5) is 0 Å². The monoisotopic (exact) mass is 417 g/mol. The highest BCUT2D eigenvalue weighted by atomic mass is 16.4. The summed E-state index contributed by atoms with van der Waals surface area (Å²) in [6.45, 7) is 4.30. The third kappa shape index (κ3) is 22.5. The summed E-state index contributed by atoms with van der Waals surface area (Å²) in [5, 5.41) is 19.4. The summed E-state index contributed by atoms with van der Waals surface area (Å²) in [4.78, 5) is 32.1. The van der Waals surface area contributed by atoms with Crippen molar-refractivity contribution in [2.45, 2.75) is 109 Å². The molecule has 0 spiro atoms. The zero-order chi connectivity index (χ0) is 22.5. The molecule has 0 heterocycles. The summed E-state index contributed by atoms with van der Waals surface area (Å²) in [7, 11) is 0. The molecular formula is C21H43N3O5. The lowest BCUT2D eigenvalue weighted by atomic mass is 10.1. The highest BCUT2D eigenvalue weighted by Gasteiger charge is 2.13. The van der Waals surface area contributed by atoms with E-state index in [1.165, 1.54) is 51.9 Å². The van der Waals surface area contributed by atoms with Crippen molar-refractivity contribution < 1.29 is 24.6 Å². The SMILES string of the molecule is CCCCCCCCCCCC(=O)N[C@@H](C)C(=O)O.NCCCCC(N)C(=O)O. The quantitative estimate of drug-likeness (QED) is 0.228. The molecule has 0 aliphatic carbocycles. The molecule has 172 valence electrons. The second-order valence-electron chi connectivity index (χ2n) is 7.44. The van der Waals surface area contributed by atoms with Crippen LogP contribution in [0.1, 0.15) is 97.3 Å². The van der Waals surface area contributed by atoms with Crippen molar-refractivity contribution in [3.05, 3.63) is 0 Å². The maximum atomic E-state index is 11.4. The Hall–Kier alpha value is -1.67. The van der Waals surface area contributed by atoms with Gasteiger partial charge in [-0.3, -0.25) is 14.4 Å². The van der Waals surface area contributed by atoms with Gasteiger partial charge >= 0.3 is 11.9 Å². The molecule has 0 aliphatic rings. The molecule has 29 heavy (non-hydrogen) atoms. The summed E-state index contributed by atoms with van der Waals surface area (Å²) in [6, 6.07) is -1.50. The molecule has 0 rings (SSSR count). The van der Waals surface area contributed by atoms with Crippen LogP contribution in [0.2, 0.25) is 0 Å². The fourth-order valence-electron chi connectivity index (χ4n) is 2.60. The summed E-state index contributed by atoms with van der Waals surface area (Å²) < 4.78 is 0. The van der Waals surface area contributed by atoms with Gasteiger partial charge in [0.05, 0.1) is 0 Å². The molecule has 0 saturated carbocycles. The fraction of sp³-hybridized carbons (Fsp3) is 0.857. The van der Waals surface area contributed by atoms with Gasteiger partial charge in [0.25, 0.3) is 0 Å². The molecule has 0 aromatic heterocycles. The van der Waals surface area contributed by atoms with E-state index >= 15 is 0 Å². The van der Waals surface area contributed by atoms with Gasteiger partial charge < -0.3 is 27.0 Å². The molecule has 1 unspecified atom stereocenters. The van der Waals surface area contributed by atoms with Crippen molar-refractivity contribution >= 4 is 17.8 Å². The maximum Gasteiger partial charge on any atom is 0.325 e. The molecule has 0 bridgehead atoms. The van der Waals surface area contributed by atoms with Gasteiger partial charge in [-0.2, -0.15) is 0 Å². The van der Waals surface area contributed by atoms with Crippen LogP contribution in [0.15, 0.2) is 0 Å². The largest absolute Gasteiger partial charge is 0.480 e. The summed E-state index contributed by atoms with van der Waals surface area (Å²) >= 11 is 0. The molecule has 0 aromatic rings. The molecule has 0 fully saturated rings. The van der Waals surface area contributed by atoms with E-state index in [1.54, 1.807) is 0 Å². The van der Waals surface area contributed by atoms with E-state index in [-0.39, 0.29) is 5.91 Å². The number of nitrogens with two attached hydrogens (primary N) is 2. The zero-order valence-corrected chi connectivity index (χ0v) is 18.3. The number of nitrogens with one attached hydrogen (secondary N) is 1. The number of hydrogen-bond acceptors (Lipinski definition) is 5. The van der Waals surface area contributed by atoms with Gasteiger partial charge in [-0.25, -0.2) is 0 Å². The molecular weight excluding hydrogens is 374 g/mol. The Balaban J connectivity index is 0. The third-order valence-electron chi connectivity index (χ3n) is 4.54. The van der Waals surface area contributed by atoms with E-state index in [2.05, 4.69) is 12.2 Å². The van der Waals surface area contributed by atoms with Crippen LogP contribution >= 0.6 is 0 Å². The first kappa shape index (κ1) is 29.5. The van der Waals surface area contributed by atoms with Gasteiger partial charge in [-0.15, -0.1) is 0 Å². The number of aliphatic carboxylic acids is 2. The third-order valence-corrected chi connectivity index (χ3v) is 4.54. The molecule has 0 aliphatic heterocycles. The van der Waals surface area contributed by atoms with Crippen molar-refractivity contribution in [1.29, 1.82) is 0 Å². The molecule has 0 radical (unpaired) electrons. The Kier molecular flexibility index (Phi) is 21.4. The van der Waals surface area contributed by atoms with E-state index in [1.807, 2.05) is 0 Å². The first-order valence-electron chi connectivity index (χ1n) is 11.0. The van der Waals surface area contributed by atoms with Crippen molar-refractivity contribution in [2.75, 3.05) is 6.54 Å². The lowest BCUT2D eigenvalue weighted by Crippen LogP contribution is -2.38. The van der Waals surface area contributed by atoms with Crippen LogP contribution in [0, 0.1) is 0 Å². The molecule has 2 atom stereocenters. The van der Waals surface area contributed by atoms with Gasteiger partial charge in [0.15, 0.2) is 0 Å². The minimum atomic E-state index is -0.986. The van der Waals surface area contributed by atoms with Crippen molar-refractivity contribution in [3.63, 3.8) is 0 Å². The first-order valence-corrected chi connectivity index (χ1v) is 11.0.